The number of aryl methyl sites for hydroxylation is 1. The van der Waals surface area contributed by atoms with Crippen molar-refractivity contribution in [1.82, 2.24) is 9.88 Å². The Bertz CT molecular complexity index is 1070. The topological polar surface area (TPSA) is 31.4 Å². The molecule has 1 aromatic heterocycles. The lowest BCUT2D eigenvalue weighted by atomic mass is 9.66. The molecule has 1 unspecified atom stereocenters. The van der Waals surface area contributed by atoms with Crippen molar-refractivity contribution in [2.45, 2.75) is 63.8 Å². The van der Waals surface area contributed by atoms with Crippen LogP contribution in [0.15, 0.2) is 29.2 Å². The summed E-state index contributed by atoms with van der Waals surface area (Å²) in [5.74, 6) is -0.685. The number of hydrogen-bond acceptors (Lipinski definition) is 5. The van der Waals surface area contributed by atoms with E-state index in [1.165, 1.54) is 51.3 Å². The second-order valence-corrected chi connectivity index (χ2v) is 12.4. The van der Waals surface area contributed by atoms with Gasteiger partial charge in [-0.2, -0.15) is 4.39 Å². The Balaban J connectivity index is 1.25. The van der Waals surface area contributed by atoms with Crippen LogP contribution >= 0.6 is 23.5 Å². The molecular weight excluding hydrogens is 474 g/mol. The summed E-state index contributed by atoms with van der Waals surface area (Å²) < 4.78 is 31.5. The summed E-state index contributed by atoms with van der Waals surface area (Å²) in [7, 11) is 0. The maximum atomic E-state index is 15.3. The van der Waals surface area contributed by atoms with Gasteiger partial charge in [0.1, 0.15) is 10.8 Å². The Morgan fingerprint density at radius 3 is 2.68 bits per heavy atom. The van der Waals surface area contributed by atoms with Gasteiger partial charge in [-0.1, -0.05) is 37.9 Å². The second kappa shape index (κ2) is 9.14. The summed E-state index contributed by atoms with van der Waals surface area (Å²) in [6.45, 7) is 10.9. The highest BCUT2D eigenvalue weighted by atomic mass is 35.5. The molecule has 184 valence electrons. The predicted octanol–water partition coefficient (Wildman–Crippen LogP) is 6.92. The van der Waals surface area contributed by atoms with Gasteiger partial charge in [0, 0.05) is 31.1 Å². The average molecular weight is 507 g/mol. The largest absolute Gasteiger partial charge is 0.369 e. The van der Waals surface area contributed by atoms with Crippen LogP contribution in [0.2, 0.25) is 5.02 Å². The van der Waals surface area contributed by atoms with Crippen LogP contribution in [-0.4, -0.2) is 42.1 Å². The Kier molecular flexibility index (Phi) is 6.49. The third-order valence-electron chi connectivity index (χ3n) is 7.83. The van der Waals surface area contributed by atoms with E-state index >= 15 is 4.39 Å². The lowest BCUT2D eigenvalue weighted by molar-refractivity contribution is 0.0598. The molecule has 0 radical (unpaired) electrons. The predicted molar refractivity (Wildman–Crippen MR) is 137 cm³/mol. The number of halogens is 3. The monoisotopic (exact) mass is 506 g/mol. The van der Waals surface area contributed by atoms with Crippen molar-refractivity contribution in [3.8, 4) is 0 Å². The molecule has 1 aliphatic carbocycles. The summed E-state index contributed by atoms with van der Waals surface area (Å²) in [4.78, 5) is 9.13. The summed E-state index contributed by atoms with van der Waals surface area (Å²) >= 11 is 7.60. The first-order valence-electron chi connectivity index (χ1n) is 12.2. The molecule has 1 spiro atoms. The molecule has 1 saturated carbocycles. The van der Waals surface area contributed by atoms with Crippen LogP contribution in [0.3, 0.4) is 0 Å². The molecule has 2 aliphatic heterocycles. The standard InChI is InChI=1S/C26H33ClF2N4S/c1-17-12-19(22(27)23(29)24(17)34-31-21-8-4-7-20(28)30-21)33-15-26(16-33)9-5-6-18(13-26)32-11-10-25(2,3)14-32/h4,7-8,12,18H,5-6,9-11,13-16H2,1-3H3,(H,30,31). The number of pyridine rings is 1. The summed E-state index contributed by atoms with van der Waals surface area (Å²) in [6, 6.07) is 7.12. The number of benzene rings is 1. The van der Waals surface area contributed by atoms with Crippen molar-refractivity contribution in [2.75, 3.05) is 35.8 Å². The smallest absolute Gasteiger partial charge is 0.214 e. The van der Waals surface area contributed by atoms with Crippen molar-refractivity contribution in [2.24, 2.45) is 10.8 Å². The van der Waals surface area contributed by atoms with Crippen LogP contribution in [-0.2, 0) is 0 Å². The SMILES string of the molecule is Cc1cc(N2CC3(CCCC(N4CCC(C)(C)C4)C3)C2)c(Cl)c(F)c1SNc1cccc(F)n1. The molecule has 4 nitrogen and oxygen atoms in total. The Morgan fingerprint density at radius 2 is 1.97 bits per heavy atom. The van der Waals surface area contributed by atoms with Gasteiger partial charge >= 0.3 is 0 Å². The van der Waals surface area contributed by atoms with E-state index in [0.29, 0.717) is 27.6 Å². The van der Waals surface area contributed by atoms with Gasteiger partial charge in [0.15, 0.2) is 5.82 Å². The van der Waals surface area contributed by atoms with Gasteiger partial charge in [-0.3, -0.25) is 4.90 Å². The van der Waals surface area contributed by atoms with E-state index in [4.69, 9.17) is 11.6 Å². The molecule has 2 saturated heterocycles. The van der Waals surface area contributed by atoms with Gasteiger partial charge in [0.05, 0.1) is 10.6 Å². The van der Waals surface area contributed by atoms with Gasteiger partial charge < -0.3 is 9.62 Å². The average Bonchev–Trinajstić information content (AvgIpc) is 3.14. The first-order chi connectivity index (χ1) is 16.1. The minimum atomic E-state index is -0.582. The van der Waals surface area contributed by atoms with Crippen LogP contribution in [0.1, 0.15) is 51.5 Å². The molecule has 1 atom stereocenters. The molecule has 0 amide bonds. The highest BCUT2D eigenvalue weighted by Crippen LogP contribution is 2.50. The number of nitrogens with one attached hydrogen (secondary N) is 1. The van der Waals surface area contributed by atoms with Crippen LogP contribution < -0.4 is 9.62 Å². The van der Waals surface area contributed by atoms with Gasteiger partial charge in [0.2, 0.25) is 5.95 Å². The first-order valence-corrected chi connectivity index (χ1v) is 13.4. The van der Waals surface area contributed by atoms with Gasteiger partial charge in [-0.25, -0.2) is 9.37 Å². The first kappa shape index (κ1) is 24.1. The lowest BCUT2D eigenvalue weighted by Gasteiger charge is -2.56. The fraction of sp³-hybridized carbons (Fsp3) is 0.577. The number of hydrogen-bond donors (Lipinski definition) is 1. The van der Waals surface area contributed by atoms with Crippen LogP contribution in [0, 0.1) is 29.5 Å². The normalized spacial score (nSPS) is 23.8. The second-order valence-electron chi connectivity index (χ2n) is 11.2. The zero-order valence-corrected chi connectivity index (χ0v) is 21.7. The molecule has 3 heterocycles. The molecule has 3 fully saturated rings. The number of anilines is 2. The molecule has 8 heteroatoms. The molecule has 0 bridgehead atoms. The fourth-order valence-corrected chi connectivity index (χ4v) is 7.11. The van der Waals surface area contributed by atoms with Crippen molar-refractivity contribution < 1.29 is 8.78 Å². The van der Waals surface area contributed by atoms with E-state index in [9.17, 15) is 4.39 Å². The van der Waals surface area contributed by atoms with Crippen LogP contribution in [0.4, 0.5) is 20.3 Å². The van der Waals surface area contributed by atoms with E-state index in [-0.39, 0.29) is 5.02 Å². The highest BCUT2D eigenvalue weighted by Gasteiger charge is 2.48. The van der Waals surface area contributed by atoms with Crippen molar-refractivity contribution in [1.29, 1.82) is 0 Å². The highest BCUT2D eigenvalue weighted by molar-refractivity contribution is 8.00. The van der Waals surface area contributed by atoms with E-state index in [2.05, 4.69) is 33.4 Å². The van der Waals surface area contributed by atoms with E-state index in [0.717, 1.165) is 36.3 Å². The van der Waals surface area contributed by atoms with Gasteiger partial charge in [-0.05, 0) is 80.3 Å². The molecule has 3 aliphatic rings. The number of rotatable bonds is 5. The minimum Gasteiger partial charge on any atom is -0.369 e. The van der Waals surface area contributed by atoms with Crippen molar-refractivity contribution >= 4 is 35.1 Å². The quantitative estimate of drug-likeness (QED) is 0.351. The maximum Gasteiger partial charge on any atom is 0.214 e. The summed E-state index contributed by atoms with van der Waals surface area (Å²) in [5.41, 5.74) is 2.33. The number of nitrogens with zero attached hydrogens (tertiary/aromatic N) is 3. The summed E-state index contributed by atoms with van der Waals surface area (Å²) in [5, 5.41) is 0.158. The fourth-order valence-electron chi connectivity index (χ4n) is 6.06. The molecular formula is C26H33ClF2N4S. The van der Waals surface area contributed by atoms with Gasteiger partial charge in [0.25, 0.3) is 0 Å². The number of likely N-dealkylation sites (tertiary alicyclic amines) is 1. The van der Waals surface area contributed by atoms with E-state index in [1.807, 2.05) is 13.0 Å². The van der Waals surface area contributed by atoms with Crippen molar-refractivity contribution in [3.05, 3.63) is 46.6 Å². The zero-order chi connectivity index (χ0) is 24.1. The lowest BCUT2D eigenvalue weighted by Crippen LogP contribution is -2.60. The molecule has 1 aromatic carbocycles. The third-order valence-corrected chi connectivity index (χ3v) is 9.21. The third kappa shape index (κ3) is 4.76. The zero-order valence-electron chi connectivity index (χ0n) is 20.1. The van der Waals surface area contributed by atoms with Crippen LogP contribution in [0.5, 0.6) is 0 Å². The molecule has 1 N–H and O–H groups in total. The van der Waals surface area contributed by atoms with E-state index in [1.54, 1.807) is 12.1 Å². The Labute approximate surface area is 210 Å². The summed E-state index contributed by atoms with van der Waals surface area (Å²) in [6.07, 6.45) is 6.33. The van der Waals surface area contributed by atoms with Crippen LogP contribution in [0.25, 0.3) is 0 Å². The molecule has 2 aromatic rings. The Hall–Kier alpha value is -1.57. The molecule has 34 heavy (non-hydrogen) atoms. The maximum absolute atomic E-state index is 15.3. The molecule has 5 rings (SSSR count). The number of aromatic nitrogens is 1. The van der Waals surface area contributed by atoms with Crippen molar-refractivity contribution in [3.63, 3.8) is 0 Å². The Morgan fingerprint density at radius 1 is 1.18 bits per heavy atom. The van der Waals surface area contributed by atoms with Gasteiger partial charge in [-0.15, -0.1) is 0 Å². The van der Waals surface area contributed by atoms with E-state index < -0.39 is 11.8 Å². The minimum absolute atomic E-state index is 0.158.